The first kappa shape index (κ1) is 20.2. The van der Waals surface area contributed by atoms with E-state index in [-0.39, 0.29) is 5.91 Å². The molecule has 3 aromatic rings. The first-order valence-electron chi connectivity index (χ1n) is 9.71. The lowest BCUT2D eigenvalue weighted by Crippen LogP contribution is -2.07. The summed E-state index contributed by atoms with van der Waals surface area (Å²) in [7, 11) is 0. The van der Waals surface area contributed by atoms with Crippen LogP contribution in [-0.2, 0) is 11.4 Å². The van der Waals surface area contributed by atoms with Crippen LogP contribution in [0.25, 0.3) is 6.08 Å². The third kappa shape index (κ3) is 6.85. The third-order valence-electron chi connectivity index (χ3n) is 4.13. The lowest BCUT2D eigenvalue weighted by atomic mass is 10.2. The minimum absolute atomic E-state index is 0.192. The fraction of sp³-hybridized carbons (Fsp3) is 0.160. The van der Waals surface area contributed by atoms with Gasteiger partial charge in [0.2, 0.25) is 5.91 Å². The van der Waals surface area contributed by atoms with Crippen LogP contribution in [0.1, 0.15) is 24.5 Å². The van der Waals surface area contributed by atoms with Crippen LogP contribution >= 0.6 is 0 Å². The zero-order chi connectivity index (χ0) is 20.3. The van der Waals surface area contributed by atoms with E-state index in [0.29, 0.717) is 13.2 Å². The molecule has 0 aliphatic heterocycles. The van der Waals surface area contributed by atoms with Gasteiger partial charge >= 0.3 is 0 Å². The van der Waals surface area contributed by atoms with Crippen molar-refractivity contribution in [1.29, 1.82) is 0 Å². The average molecular weight is 387 g/mol. The van der Waals surface area contributed by atoms with Gasteiger partial charge in [-0.05, 0) is 60.0 Å². The molecule has 0 bridgehead atoms. The Kier molecular flexibility index (Phi) is 7.47. The number of carbonyl (C=O) groups is 1. The number of hydrogen-bond donors (Lipinski definition) is 1. The van der Waals surface area contributed by atoms with Crippen LogP contribution in [0.15, 0.2) is 84.9 Å². The van der Waals surface area contributed by atoms with E-state index >= 15 is 0 Å². The third-order valence-corrected chi connectivity index (χ3v) is 4.13. The minimum Gasteiger partial charge on any atom is -0.494 e. The molecule has 0 aliphatic carbocycles. The maximum absolute atomic E-state index is 12.2. The summed E-state index contributed by atoms with van der Waals surface area (Å²) in [4.78, 5) is 12.2. The van der Waals surface area contributed by atoms with E-state index in [4.69, 9.17) is 9.47 Å². The van der Waals surface area contributed by atoms with Crippen molar-refractivity contribution in [1.82, 2.24) is 0 Å². The highest BCUT2D eigenvalue weighted by atomic mass is 16.5. The Morgan fingerprint density at radius 2 is 1.69 bits per heavy atom. The summed E-state index contributed by atoms with van der Waals surface area (Å²) in [6.45, 7) is 3.25. The fourth-order valence-electron chi connectivity index (χ4n) is 2.66. The van der Waals surface area contributed by atoms with Crippen LogP contribution < -0.4 is 14.8 Å². The molecule has 4 nitrogen and oxygen atoms in total. The first-order valence-corrected chi connectivity index (χ1v) is 9.71. The summed E-state index contributed by atoms with van der Waals surface area (Å²) < 4.78 is 11.4. The van der Waals surface area contributed by atoms with E-state index in [1.807, 2.05) is 78.9 Å². The van der Waals surface area contributed by atoms with Gasteiger partial charge in [-0.25, -0.2) is 0 Å². The second-order valence-corrected chi connectivity index (χ2v) is 6.54. The van der Waals surface area contributed by atoms with Crippen molar-refractivity contribution in [3.63, 3.8) is 0 Å². The molecule has 1 N–H and O–H groups in total. The standard InChI is InChI=1S/C25H25NO3/c1-2-17-28-23-14-12-22(13-15-23)26-25(27)16-11-20-9-6-10-24(18-20)29-19-21-7-4-3-5-8-21/h3-16,18H,2,17,19H2,1H3,(H,26,27)/b16-11+. The summed E-state index contributed by atoms with van der Waals surface area (Å²) in [5.41, 5.74) is 2.73. The summed E-state index contributed by atoms with van der Waals surface area (Å²) >= 11 is 0. The Balaban J connectivity index is 1.53. The fourth-order valence-corrected chi connectivity index (χ4v) is 2.66. The van der Waals surface area contributed by atoms with Crippen LogP contribution in [0, 0.1) is 0 Å². The van der Waals surface area contributed by atoms with Crippen molar-refractivity contribution in [2.24, 2.45) is 0 Å². The molecule has 4 heteroatoms. The van der Waals surface area contributed by atoms with Crippen molar-refractivity contribution >= 4 is 17.7 Å². The van der Waals surface area contributed by atoms with E-state index in [1.54, 1.807) is 6.08 Å². The van der Waals surface area contributed by atoms with Crippen LogP contribution in [-0.4, -0.2) is 12.5 Å². The van der Waals surface area contributed by atoms with Gasteiger partial charge in [0.05, 0.1) is 6.61 Å². The molecule has 29 heavy (non-hydrogen) atoms. The SMILES string of the molecule is CCCOc1ccc(NC(=O)/C=C/c2cccc(OCc3ccccc3)c2)cc1. The Hall–Kier alpha value is -3.53. The Morgan fingerprint density at radius 3 is 2.45 bits per heavy atom. The van der Waals surface area contributed by atoms with E-state index < -0.39 is 0 Å². The molecule has 0 unspecified atom stereocenters. The van der Waals surface area contributed by atoms with Gasteiger partial charge in [-0.15, -0.1) is 0 Å². The van der Waals surface area contributed by atoms with Crippen molar-refractivity contribution in [3.05, 3.63) is 96.1 Å². The largest absolute Gasteiger partial charge is 0.494 e. The highest BCUT2D eigenvalue weighted by Crippen LogP contribution is 2.18. The molecule has 1 amide bonds. The highest BCUT2D eigenvalue weighted by molar-refractivity contribution is 6.01. The summed E-state index contributed by atoms with van der Waals surface area (Å²) in [6.07, 6.45) is 4.24. The van der Waals surface area contributed by atoms with E-state index in [2.05, 4.69) is 12.2 Å². The predicted molar refractivity (Wildman–Crippen MR) is 117 cm³/mol. The molecule has 3 aromatic carbocycles. The van der Waals surface area contributed by atoms with Crippen LogP contribution in [0.3, 0.4) is 0 Å². The molecular weight excluding hydrogens is 362 g/mol. The zero-order valence-corrected chi connectivity index (χ0v) is 16.5. The van der Waals surface area contributed by atoms with Crippen LogP contribution in [0.4, 0.5) is 5.69 Å². The highest BCUT2D eigenvalue weighted by Gasteiger charge is 2.00. The van der Waals surface area contributed by atoms with Gasteiger partial charge in [-0.1, -0.05) is 49.4 Å². The maximum atomic E-state index is 12.2. The molecule has 148 valence electrons. The van der Waals surface area contributed by atoms with Gasteiger partial charge in [-0.2, -0.15) is 0 Å². The monoisotopic (exact) mass is 387 g/mol. The zero-order valence-electron chi connectivity index (χ0n) is 16.5. The maximum Gasteiger partial charge on any atom is 0.248 e. The van der Waals surface area contributed by atoms with E-state index in [0.717, 1.165) is 34.7 Å². The van der Waals surface area contributed by atoms with Gasteiger partial charge < -0.3 is 14.8 Å². The van der Waals surface area contributed by atoms with E-state index in [1.165, 1.54) is 6.08 Å². The summed E-state index contributed by atoms with van der Waals surface area (Å²) in [6, 6.07) is 25.0. The van der Waals surface area contributed by atoms with Crippen LogP contribution in [0.2, 0.25) is 0 Å². The smallest absolute Gasteiger partial charge is 0.248 e. The number of amides is 1. The Bertz CT molecular complexity index is 934. The molecule has 0 radical (unpaired) electrons. The lowest BCUT2D eigenvalue weighted by Gasteiger charge is -2.07. The quantitative estimate of drug-likeness (QED) is 0.479. The number of ether oxygens (including phenoxy) is 2. The van der Waals surface area contributed by atoms with Gasteiger partial charge in [0.25, 0.3) is 0 Å². The molecule has 0 spiro atoms. The van der Waals surface area contributed by atoms with Crippen molar-refractivity contribution in [2.45, 2.75) is 20.0 Å². The number of nitrogens with one attached hydrogen (secondary N) is 1. The molecule has 0 heterocycles. The minimum atomic E-state index is -0.192. The van der Waals surface area contributed by atoms with Gasteiger partial charge in [0.1, 0.15) is 18.1 Å². The van der Waals surface area contributed by atoms with Gasteiger partial charge in [-0.3, -0.25) is 4.79 Å². The van der Waals surface area contributed by atoms with Crippen LogP contribution in [0.5, 0.6) is 11.5 Å². The average Bonchev–Trinajstić information content (AvgIpc) is 2.77. The van der Waals surface area contributed by atoms with E-state index in [9.17, 15) is 4.79 Å². The topological polar surface area (TPSA) is 47.6 Å². The molecular formula is C25H25NO3. The van der Waals surface area contributed by atoms with Gasteiger partial charge in [0, 0.05) is 11.8 Å². The van der Waals surface area contributed by atoms with Crippen molar-refractivity contribution in [2.75, 3.05) is 11.9 Å². The first-order chi connectivity index (χ1) is 14.2. The lowest BCUT2D eigenvalue weighted by molar-refractivity contribution is -0.111. The predicted octanol–water partition coefficient (Wildman–Crippen LogP) is 5.71. The number of rotatable bonds is 9. The normalized spacial score (nSPS) is 10.7. The number of hydrogen-bond acceptors (Lipinski definition) is 3. The summed E-state index contributed by atoms with van der Waals surface area (Å²) in [5, 5.41) is 2.84. The molecule has 0 aromatic heterocycles. The number of carbonyl (C=O) groups excluding carboxylic acids is 1. The summed E-state index contributed by atoms with van der Waals surface area (Å²) in [5.74, 6) is 1.37. The number of anilines is 1. The molecule has 0 fully saturated rings. The Labute approximate surface area is 171 Å². The van der Waals surface area contributed by atoms with Crippen molar-refractivity contribution in [3.8, 4) is 11.5 Å². The molecule has 0 aliphatic rings. The van der Waals surface area contributed by atoms with Crippen molar-refractivity contribution < 1.29 is 14.3 Å². The molecule has 3 rings (SSSR count). The second-order valence-electron chi connectivity index (χ2n) is 6.54. The number of benzene rings is 3. The second kappa shape index (κ2) is 10.7. The molecule has 0 atom stereocenters. The van der Waals surface area contributed by atoms with Gasteiger partial charge in [0.15, 0.2) is 0 Å². The Morgan fingerprint density at radius 1 is 0.897 bits per heavy atom. The molecule has 0 saturated heterocycles. The molecule has 0 saturated carbocycles.